The third-order valence-corrected chi connectivity index (χ3v) is 13.5. The van der Waals surface area contributed by atoms with Crippen molar-refractivity contribution in [3.8, 4) is 45.0 Å². The highest BCUT2D eigenvalue weighted by Gasteiger charge is 2.38. The van der Waals surface area contributed by atoms with Crippen molar-refractivity contribution in [2.24, 2.45) is 17.8 Å². The predicted octanol–water partition coefficient (Wildman–Crippen LogP) is 15.2. The maximum absolute atomic E-state index is 6.98. The number of hydrogen-bond donors (Lipinski definition) is 0. The zero-order chi connectivity index (χ0) is 39.7. The fourth-order valence-corrected chi connectivity index (χ4v) is 10.6. The van der Waals surface area contributed by atoms with E-state index < -0.39 is 0 Å². The standard InChI is InChI=1S/C57H44N2O/c1-35-23-29-45-42-17-8-9-18-43(42)51-32-40(28-30-46(51)50(45)31-35)49-33-52-48-22-12-21-41(55(48)60-56(52)47-20-11-10-19-44(47)49)36-24-26-38(27-25-36)54-34-53(37-13-4-2-5-14-37)58-57(59-54)39-15-6-3-7-16-39/h2-7,9-16,18-22,24-28,30,32-35,46,51H,8,17,23,29,31H2,1H3. The number of fused-ring (bicyclic) bond motifs is 9. The van der Waals surface area contributed by atoms with Crippen LogP contribution in [0.1, 0.15) is 44.6 Å². The molecule has 3 atom stereocenters. The normalized spacial score (nSPS) is 19.8. The molecule has 3 nitrogen and oxygen atoms in total. The summed E-state index contributed by atoms with van der Waals surface area (Å²) in [5.41, 5.74) is 18.1. The molecule has 288 valence electrons. The first-order valence-corrected chi connectivity index (χ1v) is 21.6. The molecule has 4 aliphatic carbocycles. The molecule has 2 aromatic heterocycles. The number of furan rings is 1. The molecule has 0 saturated heterocycles. The van der Waals surface area contributed by atoms with Crippen LogP contribution in [0.2, 0.25) is 0 Å². The summed E-state index contributed by atoms with van der Waals surface area (Å²) in [6.45, 7) is 2.44. The van der Waals surface area contributed by atoms with E-state index in [9.17, 15) is 0 Å². The lowest BCUT2D eigenvalue weighted by molar-refractivity contribution is 0.437. The first-order valence-electron chi connectivity index (χ1n) is 21.6. The second-order valence-electron chi connectivity index (χ2n) is 17.2. The van der Waals surface area contributed by atoms with Gasteiger partial charge in [-0.2, -0.15) is 0 Å². The fraction of sp³-hybridized carbons (Fsp3) is 0.158. The van der Waals surface area contributed by atoms with Crippen LogP contribution < -0.4 is 0 Å². The van der Waals surface area contributed by atoms with Crippen molar-refractivity contribution in [2.75, 3.05) is 0 Å². The van der Waals surface area contributed by atoms with Gasteiger partial charge in [-0.05, 0) is 89.0 Å². The topological polar surface area (TPSA) is 38.9 Å². The van der Waals surface area contributed by atoms with Gasteiger partial charge in [-0.3, -0.25) is 0 Å². The van der Waals surface area contributed by atoms with E-state index in [2.05, 4.69) is 153 Å². The van der Waals surface area contributed by atoms with Crippen molar-refractivity contribution < 1.29 is 4.42 Å². The predicted molar refractivity (Wildman–Crippen MR) is 248 cm³/mol. The summed E-state index contributed by atoms with van der Waals surface area (Å²) in [7, 11) is 0. The van der Waals surface area contributed by atoms with Crippen LogP contribution >= 0.6 is 0 Å². The third-order valence-electron chi connectivity index (χ3n) is 13.5. The van der Waals surface area contributed by atoms with Crippen LogP contribution in [-0.4, -0.2) is 9.97 Å². The minimum atomic E-state index is 0.378. The van der Waals surface area contributed by atoms with Gasteiger partial charge in [0.1, 0.15) is 11.2 Å². The highest BCUT2D eigenvalue weighted by molar-refractivity contribution is 6.20. The summed E-state index contributed by atoms with van der Waals surface area (Å²) >= 11 is 0. The molecule has 3 heteroatoms. The van der Waals surface area contributed by atoms with E-state index >= 15 is 0 Å². The maximum Gasteiger partial charge on any atom is 0.160 e. The van der Waals surface area contributed by atoms with E-state index in [4.69, 9.17) is 14.4 Å². The van der Waals surface area contributed by atoms with E-state index in [1.54, 1.807) is 22.3 Å². The average Bonchev–Trinajstić information content (AvgIpc) is 3.71. The average molecular weight is 773 g/mol. The molecule has 0 radical (unpaired) electrons. The molecular formula is C57H44N2O. The second kappa shape index (κ2) is 14.2. The number of benzene rings is 6. The van der Waals surface area contributed by atoms with Gasteiger partial charge in [-0.1, -0.05) is 170 Å². The number of hydrogen-bond acceptors (Lipinski definition) is 3. The van der Waals surface area contributed by atoms with Crippen molar-refractivity contribution in [3.63, 3.8) is 0 Å². The Morgan fingerprint density at radius 3 is 2.03 bits per heavy atom. The quantitative estimate of drug-likeness (QED) is 0.175. The van der Waals surface area contributed by atoms with Gasteiger partial charge in [-0.15, -0.1) is 0 Å². The molecule has 3 unspecified atom stereocenters. The van der Waals surface area contributed by atoms with E-state index in [-0.39, 0.29) is 0 Å². The number of rotatable bonds is 5. The monoisotopic (exact) mass is 772 g/mol. The van der Waals surface area contributed by atoms with E-state index in [0.717, 1.165) is 78.9 Å². The summed E-state index contributed by atoms with van der Waals surface area (Å²) in [6.07, 6.45) is 18.6. The van der Waals surface area contributed by atoms with Gasteiger partial charge in [0.25, 0.3) is 0 Å². The van der Waals surface area contributed by atoms with Crippen LogP contribution in [0.25, 0.3) is 83.3 Å². The molecule has 0 N–H and O–H groups in total. The van der Waals surface area contributed by atoms with Crippen LogP contribution in [-0.2, 0) is 0 Å². The lowest BCUT2D eigenvalue weighted by Gasteiger charge is -2.42. The molecule has 0 saturated carbocycles. The zero-order valence-corrected chi connectivity index (χ0v) is 33.7. The van der Waals surface area contributed by atoms with Crippen molar-refractivity contribution in [1.29, 1.82) is 0 Å². The summed E-state index contributed by atoms with van der Waals surface area (Å²) in [5.74, 6) is 2.30. The third kappa shape index (κ3) is 5.79. The highest BCUT2D eigenvalue weighted by atomic mass is 16.3. The highest BCUT2D eigenvalue weighted by Crippen LogP contribution is 2.53. The minimum absolute atomic E-state index is 0.378. The number of aromatic nitrogens is 2. The Kier molecular flexibility index (Phi) is 8.30. The molecule has 0 amide bonds. The van der Waals surface area contributed by atoms with E-state index in [1.807, 2.05) is 24.3 Å². The first kappa shape index (κ1) is 35.1. The zero-order valence-electron chi connectivity index (χ0n) is 33.7. The number of nitrogens with zero attached hydrogens (tertiary/aromatic N) is 2. The van der Waals surface area contributed by atoms with Crippen LogP contribution in [0.3, 0.4) is 0 Å². The maximum atomic E-state index is 6.98. The second-order valence-corrected chi connectivity index (χ2v) is 17.2. The van der Waals surface area contributed by atoms with Gasteiger partial charge in [0.2, 0.25) is 0 Å². The molecule has 0 fully saturated rings. The van der Waals surface area contributed by atoms with Crippen molar-refractivity contribution >= 4 is 38.3 Å². The molecule has 8 aromatic rings. The summed E-state index contributed by atoms with van der Waals surface area (Å²) < 4.78 is 6.98. The van der Waals surface area contributed by atoms with Gasteiger partial charge in [0.05, 0.1) is 11.4 Å². The molecule has 4 aliphatic rings. The molecule has 0 aliphatic heterocycles. The Balaban J connectivity index is 0.949. The van der Waals surface area contributed by atoms with Gasteiger partial charge < -0.3 is 4.42 Å². The van der Waals surface area contributed by atoms with Crippen molar-refractivity contribution in [1.82, 2.24) is 9.97 Å². The van der Waals surface area contributed by atoms with Gasteiger partial charge in [0, 0.05) is 50.2 Å². The van der Waals surface area contributed by atoms with Gasteiger partial charge >= 0.3 is 0 Å². The fourth-order valence-electron chi connectivity index (χ4n) is 10.6. The Bertz CT molecular complexity index is 3120. The lowest BCUT2D eigenvalue weighted by Crippen LogP contribution is -2.28. The number of allylic oxidation sites excluding steroid dienone is 10. The van der Waals surface area contributed by atoms with Crippen LogP contribution in [0, 0.1) is 17.8 Å². The van der Waals surface area contributed by atoms with Crippen LogP contribution in [0.5, 0.6) is 0 Å². The molecule has 12 rings (SSSR count). The minimum Gasteiger partial charge on any atom is -0.455 e. The molecule has 0 spiro atoms. The smallest absolute Gasteiger partial charge is 0.160 e. The first-order chi connectivity index (χ1) is 29.6. The SMILES string of the molecule is CC1CCC2=C(C1)C1C=CC(c3cc4c5cccc(-c6ccc(-c7cc(-c8ccccc8)nc(-c8ccccc8)n7)cc6)c5oc4c4ccccc34)=CC1C1=C2CCC=C1. The van der Waals surface area contributed by atoms with Crippen LogP contribution in [0.4, 0.5) is 0 Å². The molecular weight excluding hydrogens is 729 g/mol. The van der Waals surface area contributed by atoms with Crippen LogP contribution in [0.15, 0.2) is 197 Å². The van der Waals surface area contributed by atoms with Crippen molar-refractivity contribution in [2.45, 2.75) is 39.0 Å². The Hall–Kier alpha value is -6.84. The van der Waals surface area contributed by atoms with E-state index in [0.29, 0.717) is 17.7 Å². The summed E-state index contributed by atoms with van der Waals surface area (Å²) in [4.78, 5) is 10.1. The molecule has 0 bridgehead atoms. The number of para-hydroxylation sites is 1. The largest absolute Gasteiger partial charge is 0.455 e. The molecule has 2 heterocycles. The molecule has 6 aromatic carbocycles. The Morgan fingerprint density at radius 1 is 0.550 bits per heavy atom. The van der Waals surface area contributed by atoms with Crippen molar-refractivity contribution in [3.05, 3.63) is 198 Å². The van der Waals surface area contributed by atoms with Gasteiger partial charge in [-0.25, -0.2) is 9.97 Å². The summed E-state index contributed by atoms with van der Waals surface area (Å²) in [5, 5.41) is 4.67. The van der Waals surface area contributed by atoms with Gasteiger partial charge in [0.15, 0.2) is 5.82 Å². The lowest BCUT2D eigenvalue weighted by atomic mass is 9.62. The van der Waals surface area contributed by atoms with E-state index in [1.165, 1.54) is 42.2 Å². The molecule has 60 heavy (non-hydrogen) atoms. The Labute approximate surface area is 350 Å². The Morgan fingerprint density at radius 2 is 1.23 bits per heavy atom. The summed E-state index contributed by atoms with van der Waals surface area (Å²) in [6, 6.07) is 49.2.